The monoisotopic (exact) mass is 215 g/mol. The summed E-state index contributed by atoms with van der Waals surface area (Å²) < 4.78 is 48.2. The normalized spacial score (nSPS) is 10.8. The predicted octanol–water partition coefficient (Wildman–Crippen LogP) is 2.85. The topological polar surface area (TPSA) is 26.0 Å². The van der Waals surface area contributed by atoms with Crippen LogP contribution in [-0.4, -0.2) is 0 Å². The van der Waals surface area contributed by atoms with Gasteiger partial charge in [-0.3, -0.25) is 0 Å². The summed E-state index contributed by atoms with van der Waals surface area (Å²) in [6.45, 7) is 0. The number of nitrogens with two attached hydrogens (primary N) is 1. The van der Waals surface area contributed by atoms with Gasteiger partial charge in [0.15, 0.2) is 0 Å². The molecule has 1 aromatic rings. The summed E-state index contributed by atoms with van der Waals surface area (Å²) in [6.07, 6.45) is -4.55. The molecule has 0 amide bonds. The van der Waals surface area contributed by atoms with E-state index in [0.29, 0.717) is 12.1 Å². The van der Waals surface area contributed by atoms with Gasteiger partial charge in [0.2, 0.25) is 0 Å². The SMILES string of the molecule is Cl.Nc1cc(F)cc(C(F)(F)F)c1. The molecule has 74 valence electrons. The number of anilines is 1. The first-order valence-electron chi connectivity index (χ1n) is 3.03. The summed E-state index contributed by atoms with van der Waals surface area (Å²) in [7, 11) is 0. The molecule has 0 saturated heterocycles. The molecule has 0 aliphatic carbocycles. The van der Waals surface area contributed by atoms with Crippen molar-refractivity contribution in [3.05, 3.63) is 29.6 Å². The lowest BCUT2D eigenvalue weighted by Gasteiger charge is -2.06. The molecule has 0 spiro atoms. The maximum Gasteiger partial charge on any atom is 0.416 e. The molecule has 6 heteroatoms. The highest BCUT2D eigenvalue weighted by molar-refractivity contribution is 5.85. The lowest BCUT2D eigenvalue weighted by atomic mass is 10.2. The van der Waals surface area contributed by atoms with Gasteiger partial charge in [-0.15, -0.1) is 12.4 Å². The molecule has 1 aromatic carbocycles. The minimum Gasteiger partial charge on any atom is -0.399 e. The highest BCUT2D eigenvalue weighted by atomic mass is 35.5. The number of hydrogen-bond donors (Lipinski definition) is 1. The Hall–Kier alpha value is -0.970. The van der Waals surface area contributed by atoms with E-state index in [1.807, 2.05) is 0 Å². The molecule has 13 heavy (non-hydrogen) atoms. The van der Waals surface area contributed by atoms with Crippen LogP contribution in [0.2, 0.25) is 0 Å². The molecule has 0 fully saturated rings. The quantitative estimate of drug-likeness (QED) is 0.523. The molecule has 0 radical (unpaired) electrons. The number of alkyl halides is 3. The highest BCUT2D eigenvalue weighted by Gasteiger charge is 2.31. The van der Waals surface area contributed by atoms with E-state index in [0.717, 1.165) is 6.07 Å². The van der Waals surface area contributed by atoms with E-state index in [9.17, 15) is 17.6 Å². The zero-order valence-corrected chi connectivity index (χ0v) is 7.05. The van der Waals surface area contributed by atoms with Crippen LogP contribution in [0.4, 0.5) is 23.2 Å². The first-order chi connectivity index (χ1) is 5.39. The second-order valence-electron chi connectivity index (χ2n) is 2.27. The number of rotatable bonds is 0. The van der Waals surface area contributed by atoms with Gasteiger partial charge in [0.1, 0.15) is 5.82 Å². The van der Waals surface area contributed by atoms with E-state index in [-0.39, 0.29) is 18.1 Å². The summed E-state index contributed by atoms with van der Waals surface area (Å²) >= 11 is 0. The standard InChI is InChI=1S/C7H5F4N.ClH/c8-5-1-4(7(9,10)11)2-6(12)3-5;/h1-3H,12H2;1H. The molecule has 1 rings (SSSR count). The predicted molar refractivity (Wildman–Crippen MR) is 43.1 cm³/mol. The van der Waals surface area contributed by atoms with E-state index in [2.05, 4.69) is 0 Å². The largest absolute Gasteiger partial charge is 0.416 e. The van der Waals surface area contributed by atoms with Gasteiger partial charge in [-0.25, -0.2) is 4.39 Å². The van der Waals surface area contributed by atoms with Crippen molar-refractivity contribution in [2.75, 3.05) is 5.73 Å². The summed E-state index contributed by atoms with van der Waals surface area (Å²) in [4.78, 5) is 0. The fraction of sp³-hybridized carbons (Fsp3) is 0.143. The number of hydrogen-bond acceptors (Lipinski definition) is 1. The van der Waals surface area contributed by atoms with Crippen LogP contribution in [0.3, 0.4) is 0 Å². The Labute approximate surface area is 78.0 Å². The second-order valence-corrected chi connectivity index (χ2v) is 2.27. The molecule has 0 aromatic heterocycles. The molecular weight excluding hydrogens is 210 g/mol. The summed E-state index contributed by atoms with van der Waals surface area (Å²) in [5, 5.41) is 0. The van der Waals surface area contributed by atoms with Crippen molar-refractivity contribution in [3.8, 4) is 0 Å². The number of halogens is 5. The van der Waals surface area contributed by atoms with Crippen LogP contribution in [0.25, 0.3) is 0 Å². The maximum absolute atomic E-state index is 12.4. The Morgan fingerprint density at radius 2 is 1.62 bits per heavy atom. The third-order valence-electron chi connectivity index (χ3n) is 1.25. The van der Waals surface area contributed by atoms with Gasteiger partial charge < -0.3 is 5.73 Å². The van der Waals surface area contributed by atoms with E-state index in [4.69, 9.17) is 5.73 Å². The van der Waals surface area contributed by atoms with Gasteiger partial charge >= 0.3 is 6.18 Å². The third kappa shape index (κ3) is 3.10. The molecular formula is C7H6ClF4N. The van der Waals surface area contributed by atoms with Crippen molar-refractivity contribution in [2.45, 2.75) is 6.18 Å². The first-order valence-corrected chi connectivity index (χ1v) is 3.03. The average molecular weight is 216 g/mol. The minimum absolute atomic E-state index is 0. The van der Waals surface area contributed by atoms with Crippen LogP contribution in [0.15, 0.2) is 18.2 Å². The molecule has 0 heterocycles. The number of benzene rings is 1. The first kappa shape index (κ1) is 12.0. The number of nitrogen functional groups attached to an aromatic ring is 1. The van der Waals surface area contributed by atoms with E-state index < -0.39 is 17.6 Å². The Bertz CT molecular complexity index is 277. The summed E-state index contributed by atoms with van der Waals surface area (Å²) in [5.41, 5.74) is 3.71. The minimum atomic E-state index is -4.55. The summed E-state index contributed by atoms with van der Waals surface area (Å²) in [5.74, 6) is -0.984. The van der Waals surface area contributed by atoms with E-state index in [1.165, 1.54) is 0 Å². The van der Waals surface area contributed by atoms with Gasteiger partial charge in [0.05, 0.1) is 5.56 Å². The molecule has 1 nitrogen and oxygen atoms in total. The molecule has 0 bridgehead atoms. The molecule has 2 N–H and O–H groups in total. The van der Waals surface area contributed by atoms with E-state index in [1.54, 1.807) is 0 Å². The van der Waals surface area contributed by atoms with Crippen LogP contribution < -0.4 is 5.73 Å². The zero-order chi connectivity index (χ0) is 9.35. The Kier molecular flexibility index (Phi) is 3.54. The maximum atomic E-state index is 12.4. The van der Waals surface area contributed by atoms with Crippen LogP contribution in [0, 0.1) is 5.82 Å². The van der Waals surface area contributed by atoms with Gasteiger partial charge in [-0.2, -0.15) is 13.2 Å². The van der Waals surface area contributed by atoms with Crippen molar-refractivity contribution in [1.82, 2.24) is 0 Å². The highest BCUT2D eigenvalue weighted by Crippen LogP contribution is 2.30. The fourth-order valence-corrected chi connectivity index (χ4v) is 0.776. The van der Waals surface area contributed by atoms with E-state index >= 15 is 0 Å². The van der Waals surface area contributed by atoms with Gasteiger partial charge in [0.25, 0.3) is 0 Å². The zero-order valence-electron chi connectivity index (χ0n) is 6.23. The van der Waals surface area contributed by atoms with Crippen LogP contribution in [0.5, 0.6) is 0 Å². The molecule has 0 saturated carbocycles. The van der Waals surface area contributed by atoms with Crippen molar-refractivity contribution >= 4 is 18.1 Å². The second kappa shape index (κ2) is 3.83. The van der Waals surface area contributed by atoms with Gasteiger partial charge in [0, 0.05) is 5.69 Å². The Morgan fingerprint density at radius 1 is 1.08 bits per heavy atom. The molecule has 0 unspecified atom stereocenters. The smallest absolute Gasteiger partial charge is 0.399 e. The van der Waals surface area contributed by atoms with Crippen LogP contribution in [-0.2, 0) is 6.18 Å². The van der Waals surface area contributed by atoms with Crippen LogP contribution >= 0.6 is 12.4 Å². The van der Waals surface area contributed by atoms with Crippen molar-refractivity contribution in [1.29, 1.82) is 0 Å². The lowest BCUT2D eigenvalue weighted by molar-refractivity contribution is -0.137. The molecule has 0 aliphatic heterocycles. The van der Waals surface area contributed by atoms with Crippen molar-refractivity contribution in [2.24, 2.45) is 0 Å². The molecule has 0 atom stereocenters. The Morgan fingerprint density at radius 3 is 2.00 bits per heavy atom. The molecule has 0 aliphatic rings. The lowest BCUT2D eigenvalue weighted by Crippen LogP contribution is -2.06. The van der Waals surface area contributed by atoms with Crippen molar-refractivity contribution < 1.29 is 17.6 Å². The van der Waals surface area contributed by atoms with Crippen molar-refractivity contribution in [3.63, 3.8) is 0 Å². The Balaban J connectivity index is 0.00000144. The average Bonchev–Trinajstić information content (AvgIpc) is 1.82. The van der Waals surface area contributed by atoms with Crippen LogP contribution in [0.1, 0.15) is 5.56 Å². The van der Waals surface area contributed by atoms with Gasteiger partial charge in [-0.05, 0) is 18.2 Å². The van der Waals surface area contributed by atoms with Gasteiger partial charge in [-0.1, -0.05) is 0 Å². The summed E-state index contributed by atoms with van der Waals surface area (Å²) in [6, 6.07) is 1.91. The third-order valence-corrected chi connectivity index (χ3v) is 1.25. The fourth-order valence-electron chi connectivity index (χ4n) is 0.776.